The van der Waals surface area contributed by atoms with Gasteiger partial charge >= 0.3 is 0 Å². The molecule has 2 fully saturated rings. The van der Waals surface area contributed by atoms with Crippen LogP contribution in [0.3, 0.4) is 0 Å². The van der Waals surface area contributed by atoms with Crippen LogP contribution >= 0.6 is 24.8 Å². The molecule has 7 heteroatoms. The van der Waals surface area contributed by atoms with Crippen LogP contribution in [0.15, 0.2) is 24.3 Å². The molecule has 1 atom stereocenters. The fourth-order valence-electron chi connectivity index (χ4n) is 3.67. The minimum atomic E-state index is -0.197. The second-order valence-corrected chi connectivity index (χ2v) is 6.87. The van der Waals surface area contributed by atoms with Gasteiger partial charge in [-0.1, -0.05) is 12.1 Å². The van der Waals surface area contributed by atoms with Crippen LogP contribution in [0.1, 0.15) is 31.2 Å². The topological polar surface area (TPSA) is 49.6 Å². The highest BCUT2D eigenvalue weighted by atomic mass is 35.5. The van der Waals surface area contributed by atoms with Crippen molar-refractivity contribution in [2.45, 2.75) is 38.3 Å². The summed E-state index contributed by atoms with van der Waals surface area (Å²) in [4.78, 5) is 17.0. The monoisotopic (exact) mass is 391 g/mol. The zero-order chi connectivity index (χ0) is 16.2. The smallest absolute Gasteiger partial charge is 0.226 e. The van der Waals surface area contributed by atoms with E-state index in [1.807, 2.05) is 11.0 Å². The van der Waals surface area contributed by atoms with Gasteiger partial charge in [0.15, 0.2) is 0 Å². The third-order valence-corrected chi connectivity index (χ3v) is 5.00. The van der Waals surface area contributed by atoms with Gasteiger partial charge in [0.05, 0.1) is 5.92 Å². The van der Waals surface area contributed by atoms with E-state index in [9.17, 15) is 9.18 Å². The van der Waals surface area contributed by atoms with E-state index in [0.29, 0.717) is 6.54 Å². The van der Waals surface area contributed by atoms with E-state index < -0.39 is 0 Å². The van der Waals surface area contributed by atoms with Crippen LogP contribution in [0.25, 0.3) is 0 Å². The van der Waals surface area contributed by atoms with Crippen molar-refractivity contribution >= 4 is 30.7 Å². The molecule has 1 aromatic carbocycles. The van der Waals surface area contributed by atoms with E-state index in [0.717, 1.165) is 57.4 Å². The molecular weight excluding hydrogens is 364 g/mol. The average molecular weight is 392 g/mol. The van der Waals surface area contributed by atoms with Crippen LogP contribution in [-0.4, -0.2) is 47.9 Å². The van der Waals surface area contributed by atoms with Crippen molar-refractivity contribution in [1.82, 2.24) is 9.80 Å². The van der Waals surface area contributed by atoms with E-state index in [-0.39, 0.29) is 48.5 Å². The van der Waals surface area contributed by atoms with Gasteiger partial charge in [0, 0.05) is 32.2 Å². The van der Waals surface area contributed by atoms with Crippen LogP contribution < -0.4 is 5.73 Å². The van der Waals surface area contributed by atoms with Gasteiger partial charge < -0.3 is 10.6 Å². The van der Waals surface area contributed by atoms with Crippen molar-refractivity contribution < 1.29 is 9.18 Å². The van der Waals surface area contributed by atoms with Crippen molar-refractivity contribution in [2.75, 3.05) is 26.2 Å². The van der Waals surface area contributed by atoms with Crippen molar-refractivity contribution in [1.29, 1.82) is 0 Å². The molecule has 0 aromatic heterocycles. The molecule has 0 bridgehead atoms. The van der Waals surface area contributed by atoms with E-state index in [4.69, 9.17) is 5.73 Å². The lowest BCUT2D eigenvalue weighted by Gasteiger charge is -2.37. The zero-order valence-corrected chi connectivity index (χ0v) is 16.0. The maximum Gasteiger partial charge on any atom is 0.226 e. The van der Waals surface area contributed by atoms with Gasteiger partial charge in [-0.2, -0.15) is 0 Å². The molecule has 0 radical (unpaired) electrons. The molecule has 2 heterocycles. The lowest BCUT2D eigenvalue weighted by molar-refractivity contribution is -0.138. The number of amides is 1. The lowest BCUT2D eigenvalue weighted by atomic mass is 9.94. The second-order valence-electron chi connectivity index (χ2n) is 6.87. The molecule has 0 aliphatic carbocycles. The predicted octanol–water partition coefficient (Wildman–Crippen LogP) is 2.83. The number of rotatable bonds is 3. The first-order valence-corrected chi connectivity index (χ1v) is 8.63. The van der Waals surface area contributed by atoms with E-state index in [1.54, 1.807) is 12.1 Å². The number of hydrogen-bond acceptors (Lipinski definition) is 3. The summed E-state index contributed by atoms with van der Waals surface area (Å²) in [7, 11) is 0. The second kappa shape index (κ2) is 10.3. The van der Waals surface area contributed by atoms with Gasteiger partial charge in [-0.15, -0.1) is 24.8 Å². The zero-order valence-electron chi connectivity index (χ0n) is 14.4. The molecule has 2 saturated heterocycles. The summed E-state index contributed by atoms with van der Waals surface area (Å²) in [5, 5.41) is 0. The van der Waals surface area contributed by atoms with Crippen LogP contribution in [0.5, 0.6) is 0 Å². The molecule has 3 rings (SSSR count). The number of benzene rings is 1. The van der Waals surface area contributed by atoms with Gasteiger partial charge in [0.2, 0.25) is 5.91 Å². The Labute approximate surface area is 161 Å². The number of likely N-dealkylation sites (tertiary alicyclic amines) is 2. The quantitative estimate of drug-likeness (QED) is 0.861. The maximum absolute atomic E-state index is 13.3. The van der Waals surface area contributed by atoms with Crippen molar-refractivity contribution in [2.24, 2.45) is 11.7 Å². The molecule has 4 nitrogen and oxygen atoms in total. The average Bonchev–Trinajstić information content (AvgIpc) is 2.55. The Kier molecular flexibility index (Phi) is 9.14. The molecular formula is C18H28Cl2FN3O. The Morgan fingerprint density at radius 1 is 1.16 bits per heavy atom. The van der Waals surface area contributed by atoms with Crippen LogP contribution in [-0.2, 0) is 11.3 Å². The van der Waals surface area contributed by atoms with Gasteiger partial charge in [0.25, 0.3) is 0 Å². The number of hydrogen-bond donors (Lipinski definition) is 1. The number of piperidine rings is 2. The molecule has 1 amide bonds. The Hall–Kier alpha value is -0.880. The summed E-state index contributed by atoms with van der Waals surface area (Å²) >= 11 is 0. The highest BCUT2D eigenvalue weighted by Crippen LogP contribution is 2.22. The van der Waals surface area contributed by atoms with E-state index >= 15 is 0 Å². The minimum Gasteiger partial charge on any atom is -0.342 e. The first-order chi connectivity index (χ1) is 11.1. The Morgan fingerprint density at radius 2 is 1.88 bits per heavy atom. The number of halogens is 3. The largest absolute Gasteiger partial charge is 0.342 e. The van der Waals surface area contributed by atoms with Gasteiger partial charge in [0.1, 0.15) is 5.82 Å². The minimum absolute atomic E-state index is 0. The molecule has 0 spiro atoms. The Morgan fingerprint density at radius 3 is 2.56 bits per heavy atom. The molecule has 0 saturated carbocycles. The number of nitrogens with two attached hydrogens (primary N) is 1. The highest BCUT2D eigenvalue weighted by molar-refractivity contribution is 5.85. The molecule has 1 unspecified atom stereocenters. The van der Waals surface area contributed by atoms with Gasteiger partial charge in [-0.25, -0.2) is 4.39 Å². The first kappa shape index (κ1) is 22.2. The standard InChI is InChI=1S/C18H26FN3O.2ClH/c19-16-5-1-3-14(11-16)12-21-8-2-4-15(13-21)18(23)22-9-6-17(20)7-10-22;;/h1,3,5,11,15,17H,2,4,6-10,12-13,20H2;2*1H. The fraction of sp³-hybridized carbons (Fsp3) is 0.611. The number of carbonyl (C=O) groups is 1. The normalized spacial score (nSPS) is 22.0. The maximum atomic E-state index is 13.3. The fourth-order valence-corrected chi connectivity index (χ4v) is 3.67. The third-order valence-electron chi connectivity index (χ3n) is 5.00. The van der Waals surface area contributed by atoms with Crippen molar-refractivity contribution in [3.63, 3.8) is 0 Å². The molecule has 1 aromatic rings. The number of nitrogens with zero attached hydrogens (tertiary/aromatic N) is 2. The Bertz CT molecular complexity index is 553. The summed E-state index contributed by atoms with van der Waals surface area (Å²) < 4.78 is 13.3. The number of carbonyl (C=O) groups excluding carboxylic acids is 1. The van der Waals surface area contributed by atoms with E-state index in [1.165, 1.54) is 6.07 Å². The first-order valence-electron chi connectivity index (χ1n) is 8.63. The third kappa shape index (κ3) is 6.10. The summed E-state index contributed by atoms with van der Waals surface area (Å²) in [6, 6.07) is 6.98. The van der Waals surface area contributed by atoms with Crippen LogP contribution in [0.4, 0.5) is 4.39 Å². The molecule has 2 N–H and O–H groups in total. The predicted molar refractivity (Wildman–Crippen MR) is 103 cm³/mol. The molecule has 2 aliphatic heterocycles. The summed E-state index contributed by atoms with van der Waals surface area (Å²) in [6.07, 6.45) is 3.80. The van der Waals surface area contributed by atoms with Crippen molar-refractivity contribution in [3.05, 3.63) is 35.6 Å². The summed E-state index contributed by atoms with van der Waals surface area (Å²) in [5.41, 5.74) is 6.89. The SMILES string of the molecule is Cl.Cl.NC1CCN(C(=O)C2CCCN(Cc3cccc(F)c3)C2)CC1. The molecule has 25 heavy (non-hydrogen) atoms. The van der Waals surface area contributed by atoms with Gasteiger partial charge in [-0.3, -0.25) is 9.69 Å². The summed E-state index contributed by atoms with van der Waals surface area (Å²) in [6.45, 7) is 4.05. The van der Waals surface area contributed by atoms with Crippen molar-refractivity contribution in [3.8, 4) is 0 Å². The molecule has 2 aliphatic rings. The van der Waals surface area contributed by atoms with E-state index in [2.05, 4.69) is 4.90 Å². The van der Waals surface area contributed by atoms with Crippen LogP contribution in [0, 0.1) is 11.7 Å². The van der Waals surface area contributed by atoms with Crippen LogP contribution in [0.2, 0.25) is 0 Å². The Balaban J connectivity index is 0.00000156. The lowest BCUT2D eigenvalue weighted by Crippen LogP contribution is -2.48. The summed E-state index contributed by atoms with van der Waals surface area (Å²) in [5.74, 6) is 0.157. The molecule has 142 valence electrons. The highest BCUT2D eigenvalue weighted by Gasteiger charge is 2.30. The van der Waals surface area contributed by atoms with Gasteiger partial charge in [-0.05, 0) is 49.9 Å².